The van der Waals surface area contributed by atoms with E-state index >= 15 is 0 Å². The minimum atomic E-state index is 0.620. The fraction of sp³-hybridized carbons (Fsp3) is 0.714. The molecule has 0 radical (unpaired) electrons. The molecular weight excluding hydrogens is 196 g/mol. The summed E-state index contributed by atoms with van der Waals surface area (Å²) in [5.41, 5.74) is 3.00. The molecule has 16 heavy (non-hydrogen) atoms. The number of nitrogens with zero attached hydrogens (tertiary/aromatic N) is 1. The molecule has 0 aliphatic carbocycles. The highest BCUT2D eigenvalue weighted by Gasteiger charge is 2.33. The molecule has 1 aromatic rings. The number of aromatic nitrogens is 1. The van der Waals surface area contributed by atoms with E-state index in [4.69, 9.17) is 0 Å². The fourth-order valence-corrected chi connectivity index (χ4v) is 3.22. The second kappa shape index (κ2) is 4.62. The van der Waals surface area contributed by atoms with E-state index in [1.54, 1.807) is 0 Å². The Morgan fingerprint density at radius 3 is 2.88 bits per heavy atom. The van der Waals surface area contributed by atoms with Crippen molar-refractivity contribution in [3.8, 4) is 0 Å². The lowest BCUT2D eigenvalue weighted by Crippen LogP contribution is -2.45. The molecule has 2 nitrogen and oxygen atoms in total. The molecular formula is C14H24N2. The number of hydrogen-bond acceptors (Lipinski definition) is 1. The summed E-state index contributed by atoms with van der Waals surface area (Å²) in [4.78, 5) is 6.09. The highest BCUT2D eigenvalue weighted by atomic mass is 15.2. The normalized spacial score (nSPS) is 26.1. The lowest BCUT2D eigenvalue weighted by molar-refractivity contribution is 0.0829. The monoisotopic (exact) mass is 220 g/mol. The van der Waals surface area contributed by atoms with Crippen molar-refractivity contribution in [3.63, 3.8) is 0 Å². The number of fused-ring (bicyclic) bond motifs is 1. The van der Waals surface area contributed by atoms with Crippen LogP contribution in [0, 0.1) is 0 Å². The number of nitrogens with one attached hydrogen (secondary N) is 1. The van der Waals surface area contributed by atoms with Crippen LogP contribution in [0.4, 0.5) is 0 Å². The van der Waals surface area contributed by atoms with Crippen LogP contribution in [0.5, 0.6) is 0 Å². The summed E-state index contributed by atoms with van der Waals surface area (Å²) in [6.07, 6.45) is 5.79. The molecule has 1 aromatic heterocycles. The Bertz CT molecular complexity index is 340. The Balaban J connectivity index is 2.33. The zero-order chi connectivity index (χ0) is 11.7. The van der Waals surface area contributed by atoms with Gasteiger partial charge in [-0.15, -0.1) is 0 Å². The molecule has 0 fully saturated rings. The van der Waals surface area contributed by atoms with Gasteiger partial charge in [0.25, 0.3) is 0 Å². The molecule has 2 atom stereocenters. The van der Waals surface area contributed by atoms with Crippen LogP contribution in [0.2, 0.25) is 0 Å². The summed E-state index contributed by atoms with van der Waals surface area (Å²) in [6.45, 7) is 9.27. The van der Waals surface area contributed by atoms with Crippen LogP contribution >= 0.6 is 0 Å². The third kappa shape index (κ3) is 1.91. The number of H-pyrrole nitrogens is 1. The minimum absolute atomic E-state index is 0.620. The van der Waals surface area contributed by atoms with Crippen LogP contribution in [0.25, 0.3) is 0 Å². The third-order valence-corrected chi connectivity index (χ3v) is 3.75. The van der Waals surface area contributed by atoms with Gasteiger partial charge in [0.15, 0.2) is 0 Å². The second-order valence-corrected chi connectivity index (χ2v) is 5.31. The summed E-state index contributed by atoms with van der Waals surface area (Å²) in [5.74, 6) is 0. The summed E-state index contributed by atoms with van der Waals surface area (Å²) >= 11 is 0. The van der Waals surface area contributed by atoms with Crippen molar-refractivity contribution in [2.75, 3.05) is 0 Å². The van der Waals surface area contributed by atoms with Crippen LogP contribution < -0.4 is 0 Å². The predicted molar refractivity (Wildman–Crippen MR) is 68.6 cm³/mol. The highest BCUT2D eigenvalue weighted by molar-refractivity contribution is 5.28. The molecule has 0 spiro atoms. The zero-order valence-corrected chi connectivity index (χ0v) is 11.0. The maximum Gasteiger partial charge on any atom is 0.0371 e. The van der Waals surface area contributed by atoms with Gasteiger partial charge in [-0.1, -0.05) is 13.3 Å². The molecule has 2 unspecified atom stereocenters. The van der Waals surface area contributed by atoms with Crippen LogP contribution in [0.1, 0.15) is 57.8 Å². The van der Waals surface area contributed by atoms with Crippen molar-refractivity contribution >= 4 is 0 Å². The van der Waals surface area contributed by atoms with Gasteiger partial charge >= 0.3 is 0 Å². The number of rotatable bonds is 3. The van der Waals surface area contributed by atoms with Crippen molar-refractivity contribution in [1.82, 2.24) is 9.88 Å². The lowest BCUT2D eigenvalue weighted by Gasteiger charge is -2.43. The molecule has 0 saturated heterocycles. The van der Waals surface area contributed by atoms with Gasteiger partial charge in [-0.25, -0.2) is 0 Å². The van der Waals surface area contributed by atoms with Gasteiger partial charge in [-0.05, 0) is 38.8 Å². The average Bonchev–Trinajstić information content (AvgIpc) is 2.64. The topological polar surface area (TPSA) is 19.0 Å². The van der Waals surface area contributed by atoms with Gasteiger partial charge in [0, 0.05) is 36.4 Å². The molecule has 2 heterocycles. The van der Waals surface area contributed by atoms with Gasteiger partial charge in [-0.2, -0.15) is 0 Å². The van der Waals surface area contributed by atoms with E-state index in [1.165, 1.54) is 30.5 Å². The second-order valence-electron chi connectivity index (χ2n) is 5.31. The lowest BCUT2D eigenvalue weighted by atomic mass is 9.90. The molecule has 2 heteroatoms. The standard InChI is InChI=1S/C14H24N2/c1-5-6-14-12-7-8-15-13(12)9-11(4)16(14)10(2)3/h7-8,10-11,14-15H,5-6,9H2,1-4H3. The van der Waals surface area contributed by atoms with E-state index in [0.717, 1.165) is 0 Å². The maximum atomic E-state index is 3.41. The first-order valence-electron chi connectivity index (χ1n) is 6.58. The minimum Gasteiger partial charge on any atom is -0.365 e. The Morgan fingerprint density at radius 1 is 1.50 bits per heavy atom. The fourth-order valence-electron chi connectivity index (χ4n) is 3.22. The largest absolute Gasteiger partial charge is 0.365 e. The highest BCUT2D eigenvalue weighted by Crippen LogP contribution is 2.36. The first kappa shape index (κ1) is 11.7. The van der Waals surface area contributed by atoms with E-state index in [9.17, 15) is 0 Å². The average molecular weight is 220 g/mol. The van der Waals surface area contributed by atoms with Crippen molar-refractivity contribution in [2.24, 2.45) is 0 Å². The quantitative estimate of drug-likeness (QED) is 0.826. The van der Waals surface area contributed by atoms with Crippen molar-refractivity contribution in [1.29, 1.82) is 0 Å². The van der Waals surface area contributed by atoms with Crippen molar-refractivity contribution < 1.29 is 0 Å². The van der Waals surface area contributed by atoms with Gasteiger partial charge in [0.2, 0.25) is 0 Å². The van der Waals surface area contributed by atoms with E-state index in [2.05, 4.69) is 49.8 Å². The van der Waals surface area contributed by atoms with Gasteiger partial charge in [-0.3, -0.25) is 4.90 Å². The molecule has 0 bridgehead atoms. The van der Waals surface area contributed by atoms with Crippen molar-refractivity contribution in [3.05, 3.63) is 23.5 Å². The first-order valence-corrected chi connectivity index (χ1v) is 6.58. The van der Waals surface area contributed by atoms with Gasteiger partial charge in [0.1, 0.15) is 0 Å². The van der Waals surface area contributed by atoms with Crippen LogP contribution in [0.15, 0.2) is 12.3 Å². The van der Waals surface area contributed by atoms with Gasteiger partial charge in [0.05, 0.1) is 0 Å². The van der Waals surface area contributed by atoms with E-state index in [0.29, 0.717) is 18.1 Å². The summed E-state index contributed by atoms with van der Waals surface area (Å²) in [6, 6.07) is 4.18. The molecule has 0 saturated carbocycles. The summed E-state index contributed by atoms with van der Waals surface area (Å²) in [7, 11) is 0. The Kier molecular flexibility index (Phi) is 3.38. The maximum absolute atomic E-state index is 3.41. The van der Waals surface area contributed by atoms with E-state index in [1.807, 2.05) is 0 Å². The summed E-state index contributed by atoms with van der Waals surface area (Å²) < 4.78 is 0. The summed E-state index contributed by atoms with van der Waals surface area (Å²) in [5, 5.41) is 0. The van der Waals surface area contributed by atoms with E-state index < -0.39 is 0 Å². The van der Waals surface area contributed by atoms with Gasteiger partial charge < -0.3 is 4.98 Å². The number of hydrogen-bond donors (Lipinski definition) is 1. The number of aromatic amines is 1. The molecule has 0 amide bonds. The third-order valence-electron chi connectivity index (χ3n) is 3.75. The van der Waals surface area contributed by atoms with Crippen LogP contribution in [-0.4, -0.2) is 22.0 Å². The smallest absolute Gasteiger partial charge is 0.0371 e. The first-order chi connectivity index (χ1) is 7.65. The van der Waals surface area contributed by atoms with Crippen LogP contribution in [0.3, 0.4) is 0 Å². The molecule has 1 N–H and O–H groups in total. The van der Waals surface area contributed by atoms with Crippen LogP contribution in [-0.2, 0) is 6.42 Å². The SMILES string of the molecule is CCCC1c2cc[nH]c2CC(C)N1C(C)C. The molecule has 2 rings (SSSR count). The van der Waals surface area contributed by atoms with E-state index in [-0.39, 0.29) is 0 Å². The Hall–Kier alpha value is -0.760. The molecule has 90 valence electrons. The molecule has 1 aliphatic heterocycles. The molecule has 1 aliphatic rings. The Morgan fingerprint density at radius 2 is 2.25 bits per heavy atom. The van der Waals surface area contributed by atoms with Crippen molar-refractivity contribution in [2.45, 2.75) is 65.1 Å². The predicted octanol–water partition coefficient (Wildman–Crippen LogP) is 3.51. The molecule has 0 aromatic carbocycles. The zero-order valence-electron chi connectivity index (χ0n) is 11.0. The Labute approximate surface area is 99.0 Å².